The highest BCUT2D eigenvalue weighted by Gasteiger charge is 2.48. The van der Waals surface area contributed by atoms with Crippen molar-refractivity contribution in [2.24, 2.45) is 0 Å². The molecule has 1 aliphatic carbocycles. The summed E-state index contributed by atoms with van der Waals surface area (Å²) in [6, 6.07) is 6.87. The summed E-state index contributed by atoms with van der Waals surface area (Å²) in [6.07, 6.45) is 3.42. The molecule has 1 aliphatic rings. The molecule has 0 aliphatic heterocycles. The Morgan fingerprint density at radius 3 is 1.82 bits per heavy atom. The lowest BCUT2D eigenvalue weighted by Crippen LogP contribution is -2.51. The van der Waals surface area contributed by atoms with Crippen molar-refractivity contribution in [1.82, 2.24) is 0 Å². The highest BCUT2D eigenvalue weighted by atomic mass is 32.2. The summed E-state index contributed by atoms with van der Waals surface area (Å²) < 4.78 is 38.6. The van der Waals surface area contributed by atoms with Crippen LogP contribution in [0.1, 0.15) is 72.8 Å². The van der Waals surface area contributed by atoms with Gasteiger partial charge in [0.25, 0.3) is 10.1 Å². The number of hydrogen-bond acceptors (Lipinski definition) is 4. The maximum absolute atomic E-state index is 13.0. The van der Waals surface area contributed by atoms with Crippen molar-refractivity contribution in [1.29, 1.82) is 0 Å². The molecule has 0 spiro atoms. The zero-order valence-electron chi connectivity index (χ0n) is 18.6. The molecule has 0 unspecified atom stereocenters. The molecule has 2 rings (SSSR count). The van der Waals surface area contributed by atoms with Crippen LogP contribution in [0.25, 0.3) is 0 Å². The van der Waals surface area contributed by atoms with Crippen molar-refractivity contribution in [2.75, 3.05) is 6.61 Å². The summed E-state index contributed by atoms with van der Waals surface area (Å²) >= 11 is 0. The highest BCUT2D eigenvalue weighted by molar-refractivity contribution is 7.86. The lowest BCUT2D eigenvalue weighted by Gasteiger charge is -2.44. The van der Waals surface area contributed by atoms with Gasteiger partial charge in [0.05, 0.1) is 11.5 Å². The summed E-state index contributed by atoms with van der Waals surface area (Å²) in [6.45, 7) is 15.8. The third-order valence-electron chi connectivity index (χ3n) is 6.40. The first-order chi connectivity index (χ1) is 13.0. The van der Waals surface area contributed by atoms with Gasteiger partial charge >= 0.3 is 0 Å². The normalized spacial score (nSPS) is 17.8. The molecule has 6 heteroatoms. The minimum Gasteiger partial charge on any atom is -0.413 e. The maximum atomic E-state index is 13.0. The SMILES string of the molecule is Cc1ccc(S(=O)(=O)OC2(CO[Si](C(C)C)(C(C)C)C(C)C)CCCC2)cc1. The monoisotopic (exact) mass is 426 g/mol. The van der Waals surface area contributed by atoms with Gasteiger partial charge in [-0.2, -0.15) is 8.42 Å². The number of hydrogen-bond donors (Lipinski definition) is 0. The molecule has 0 saturated heterocycles. The molecule has 28 heavy (non-hydrogen) atoms. The minimum atomic E-state index is -3.81. The number of rotatable bonds is 9. The van der Waals surface area contributed by atoms with E-state index in [1.807, 2.05) is 19.1 Å². The van der Waals surface area contributed by atoms with Crippen LogP contribution in [0.5, 0.6) is 0 Å². The van der Waals surface area contributed by atoms with Crippen LogP contribution < -0.4 is 0 Å². The Kier molecular flexibility index (Phi) is 7.57. The third kappa shape index (κ3) is 4.89. The van der Waals surface area contributed by atoms with E-state index in [0.717, 1.165) is 31.2 Å². The van der Waals surface area contributed by atoms with Gasteiger partial charge in [0.15, 0.2) is 8.32 Å². The van der Waals surface area contributed by atoms with E-state index in [1.165, 1.54) is 0 Å². The fraction of sp³-hybridized carbons (Fsp3) is 0.727. The quantitative estimate of drug-likeness (QED) is 0.348. The predicted molar refractivity (Wildman–Crippen MR) is 118 cm³/mol. The fourth-order valence-corrected chi connectivity index (χ4v) is 11.8. The molecule has 1 aromatic carbocycles. The first kappa shape index (κ1) is 23.6. The van der Waals surface area contributed by atoms with Crippen LogP contribution in [0, 0.1) is 6.92 Å². The average Bonchev–Trinajstić information content (AvgIpc) is 3.02. The van der Waals surface area contributed by atoms with Crippen LogP contribution in [-0.2, 0) is 18.7 Å². The lowest BCUT2D eigenvalue weighted by atomic mass is 10.1. The van der Waals surface area contributed by atoms with Crippen LogP contribution in [0.4, 0.5) is 0 Å². The van der Waals surface area contributed by atoms with Crippen LogP contribution in [0.15, 0.2) is 29.2 Å². The summed E-state index contributed by atoms with van der Waals surface area (Å²) in [5.74, 6) is 0. The Morgan fingerprint density at radius 2 is 1.39 bits per heavy atom. The molecule has 0 bridgehead atoms. The van der Waals surface area contributed by atoms with Crippen molar-refractivity contribution < 1.29 is 17.0 Å². The van der Waals surface area contributed by atoms with E-state index >= 15 is 0 Å². The summed E-state index contributed by atoms with van der Waals surface area (Å²) in [5.41, 5.74) is 1.67. The van der Waals surface area contributed by atoms with Crippen molar-refractivity contribution >= 4 is 18.4 Å². The van der Waals surface area contributed by atoms with Gasteiger partial charge in [0.1, 0.15) is 5.60 Å². The van der Waals surface area contributed by atoms with Crippen LogP contribution in [0.3, 0.4) is 0 Å². The second-order valence-electron chi connectivity index (χ2n) is 9.35. The summed E-state index contributed by atoms with van der Waals surface area (Å²) in [7, 11) is -5.89. The van der Waals surface area contributed by atoms with Crippen molar-refractivity contribution in [3.8, 4) is 0 Å². The van der Waals surface area contributed by atoms with E-state index in [-0.39, 0.29) is 4.90 Å². The number of aryl methyl sites for hydroxylation is 1. The third-order valence-corrected chi connectivity index (χ3v) is 13.9. The Labute approximate surface area is 173 Å². The van der Waals surface area contributed by atoms with Gasteiger partial charge in [-0.15, -0.1) is 0 Å². The molecule has 4 nitrogen and oxygen atoms in total. The molecule has 160 valence electrons. The minimum absolute atomic E-state index is 0.226. The molecule has 0 radical (unpaired) electrons. The van der Waals surface area contributed by atoms with E-state index in [2.05, 4.69) is 41.5 Å². The van der Waals surface area contributed by atoms with Crippen LogP contribution in [0.2, 0.25) is 16.6 Å². The van der Waals surface area contributed by atoms with E-state index in [0.29, 0.717) is 23.2 Å². The fourth-order valence-electron chi connectivity index (χ4n) is 5.01. The largest absolute Gasteiger partial charge is 0.413 e. The standard InChI is InChI=1S/C22H38O4SSi/c1-17(2)28(18(3)4,19(5)6)25-16-22(14-8-9-15-22)26-27(23,24)21-12-10-20(7)11-13-21/h10-13,17-19H,8-9,14-16H2,1-7H3. The molecule has 1 fully saturated rings. The zero-order chi connectivity index (χ0) is 21.2. The van der Waals surface area contributed by atoms with Gasteiger partial charge < -0.3 is 4.43 Å². The van der Waals surface area contributed by atoms with Gasteiger partial charge in [0, 0.05) is 0 Å². The molecular formula is C22H38O4SSi. The second kappa shape index (κ2) is 8.98. The topological polar surface area (TPSA) is 52.6 Å². The predicted octanol–water partition coefficient (Wildman–Crippen LogP) is 6.21. The Bertz CT molecular complexity index is 711. The smallest absolute Gasteiger partial charge is 0.297 e. The van der Waals surface area contributed by atoms with Gasteiger partial charge in [-0.1, -0.05) is 72.1 Å². The van der Waals surface area contributed by atoms with E-state index in [9.17, 15) is 8.42 Å². The van der Waals surface area contributed by atoms with Crippen LogP contribution >= 0.6 is 0 Å². The first-order valence-corrected chi connectivity index (χ1v) is 14.2. The van der Waals surface area contributed by atoms with E-state index < -0.39 is 24.0 Å². The Morgan fingerprint density at radius 1 is 0.929 bits per heavy atom. The zero-order valence-corrected chi connectivity index (χ0v) is 20.4. The molecular weight excluding hydrogens is 388 g/mol. The highest BCUT2D eigenvalue weighted by Crippen LogP contribution is 2.45. The number of benzene rings is 1. The molecule has 0 heterocycles. The first-order valence-electron chi connectivity index (χ1n) is 10.6. The Balaban J connectivity index is 2.27. The van der Waals surface area contributed by atoms with Gasteiger partial charge in [-0.25, -0.2) is 0 Å². The molecule has 1 aromatic rings. The van der Waals surface area contributed by atoms with Gasteiger partial charge in [-0.3, -0.25) is 4.18 Å². The second-order valence-corrected chi connectivity index (χ2v) is 16.4. The molecule has 0 aromatic heterocycles. The van der Waals surface area contributed by atoms with Crippen molar-refractivity contribution in [3.63, 3.8) is 0 Å². The average molecular weight is 427 g/mol. The maximum Gasteiger partial charge on any atom is 0.297 e. The molecule has 0 amide bonds. The van der Waals surface area contributed by atoms with Crippen LogP contribution in [-0.4, -0.2) is 28.9 Å². The van der Waals surface area contributed by atoms with Gasteiger partial charge in [-0.05, 0) is 48.5 Å². The van der Waals surface area contributed by atoms with E-state index in [4.69, 9.17) is 8.61 Å². The van der Waals surface area contributed by atoms with Crippen molar-refractivity contribution in [2.45, 2.75) is 101 Å². The van der Waals surface area contributed by atoms with Gasteiger partial charge in [0.2, 0.25) is 0 Å². The summed E-state index contributed by atoms with van der Waals surface area (Å²) in [4.78, 5) is 0.226. The summed E-state index contributed by atoms with van der Waals surface area (Å²) in [5, 5.41) is 0. The van der Waals surface area contributed by atoms with Crippen molar-refractivity contribution in [3.05, 3.63) is 29.8 Å². The molecule has 0 N–H and O–H groups in total. The Hall–Kier alpha value is -0.693. The molecule has 1 saturated carbocycles. The lowest BCUT2D eigenvalue weighted by molar-refractivity contribution is 0.0242. The molecule has 0 atom stereocenters. The van der Waals surface area contributed by atoms with E-state index in [1.54, 1.807) is 12.1 Å².